The maximum absolute atomic E-state index is 8.87. The third-order valence-electron chi connectivity index (χ3n) is 5.36. The van der Waals surface area contributed by atoms with Gasteiger partial charge in [0.1, 0.15) is 7.05 Å². The highest BCUT2D eigenvalue weighted by atomic mass is 14.9. The SMILES string of the molecule is [2H]C([2H])([2H])c1ccc(-c2cc(C([2H])([2H])C(C)C)c(C(C)(C)C(C)C)c[n+]2C)c(C)c1. The molecule has 0 fully saturated rings. The van der Waals surface area contributed by atoms with Gasteiger partial charge in [-0.2, -0.15) is 0 Å². The smallest absolute Gasteiger partial charge is 0.201 e. The molecule has 0 aliphatic rings. The van der Waals surface area contributed by atoms with E-state index in [0.29, 0.717) is 17.0 Å². The van der Waals surface area contributed by atoms with Gasteiger partial charge in [0.15, 0.2) is 6.20 Å². The Bertz CT molecular complexity index is 924. The lowest BCUT2D eigenvalue weighted by Gasteiger charge is -2.31. The van der Waals surface area contributed by atoms with Gasteiger partial charge in [-0.1, -0.05) is 59.2 Å². The zero-order valence-corrected chi connectivity index (χ0v) is 17.0. The van der Waals surface area contributed by atoms with E-state index in [2.05, 4.69) is 33.9 Å². The number of nitrogens with zero attached hydrogens (tertiary/aromatic N) is 1. The van der Waals surface area contributed by atoms with E-state index in [1.54, 1.807) is 12.1 Å². The molecule has 1 aromatic carbocycles. The molecular weight excluding hydrogens is 302 g/mol. The lowest BCUT2D eigenvalue weighted by Crippen LogP contribution is -2.37. The van der Waals surface area contributed by atoms with Gasteiger partial charge in [-0.25, -0.2) is 4.57 Å². The number of pyridine rings is 1. The maximum Gasteiger partial charge on any atom is 0.212 e. The quantitative estimate of drug-likeness (QED) is 0.593. The van der Waals surface area contributed by atoms with Crippen molar-refractivity contribution in [3.05, 3.63) is 52.7 Å². The maximum atomic E-state index is 8.87. The zero-order valence-electron chi connectivity index (χ0n) is 22.0. The van der Waals surface area contributed by atoms with Gasteiger partial charge in [0.05, 0.1) is 0 Å². The highest BCUT2D eigenvalue weighted by Gasteiger charge is 2.31. The number of benzene rings is 1. The first-order valence-electron chi connectivity index (χ1n) is 11.7. The first kappa shape index (κ1) is 13.6. The molecular formula is C24H36N+. The molecule has 0 amide bonds. The number of hydrogen-bond donors (Lipinski definition) is 0. The minimum absolute atomic E-state index is 0.182. The summed E-state index contributed by atoms with van der Waals surface area (Å²) >= 11 is 0. The fraction of sp³-hybridized carbons (Fsp3) is 0.542. The van der Waals surface area contributed by atoms with Crippen LogP contribution >= 0.6 is 0 Å². The fourth-order valence-electron chi connectivity index (χ4n) is 3.12. The van der Waals surface area contributed by atoms with Crippen LogP contribution < -0.4 is 4.57 Å². The van der Waals surface area contributed by atoms with Crippen LogP contribution in [0.1, 0.15) is 70.7 Å². The second kappa shape index (κ2) is 7.32. The molecule has 1 aromatic heterocycles. The molecule has 0 spiro atoms. The molecule has 0 N–H and O–H groups in total. The van der Waals surface area contributed by atoms with Crippen LogP contribution in [0.5, 0.6) is 0 Å². The third-order valence-corrected chi connectivity index (χ3v) is 5.36. The van der Waals surface area contributed by atoms with Crippen LogP contribution in [0.25, 0.3) is 11.3 Å². The van der Waals surface area contributed by atoms with Gasteiger partial charge in [0.2, 0.25) is 5.69 Å². The molecule has 0 bridgehead atoms. The summed E-state index contributed by atoms with van der Waals surface area (Å²) in [5.41, 5.74) is 4.51. The van der Waals surface area contributed by atoms with Crippen molar-refractivity contribution in [1.82, 2.24) is 0 Å². The van der Waals surface area contributed by atoms with Gasteiger partial charge in [0.25, 0.3) is 0 Å². The van der Waals surface area contributed by atoms with Crippen molar-refractivity contribution in [2.24, 2.45) is 18.9 Å². The zero-order chi connectivity index (χ0) is 23.2. The van der Waals surface area contributed by atoms with Crippen molar-refractivity contribution in [2.75, 3.05) is 0 Å². The summed E-state index contributed by atoms with van der Waals surface area (Å²) in [4.78, 5) is 0. The summed E-state index contributed by atoms with van der Waals surface area (Å²) in [6, 6.07) is 7.17. The molecule has 2 aromatic rings. The average Bonchev–Trinajstić information content (AvgIpc) is 2.60. The summed E-state index contributed by atoms with van der Waals surface area (Å²) in [5, 5.41) is 0. The van der Waals surface area contributed by atoms with Crippen LogP contribution in [0.4, 0.5) is 0 Å². The molecule has 0 saturated heterocycles. The highest BCUT2D eigenvalue weighted by molar-refractivity contribution is 5.62. The van der Waals surface area contributed by atoms with Crippen molar-refractivity contribution < 1.29 is 11.4 Å². The molecule has 0 radical (unpaired) electrons. The predicted octanol–water partition coefficient (Wildman–Crippen LogP) is 5.93. The minimum atomic E-state index is -2.14. The Morgan fingerprint density at radius 3 is 2.36 bits per heavy atom. The molecule has 0 aliphatic carbocycles. The molecule has 1 heterocycles. The average molecular weight is 344 g/mol. The van der Waals surface area contributed by atoms with Gasteiger partial charge < -0.3 is 0 Å². The van der Waals surface area contributed by atoms with Gasteiger partial charge in [0, 0.05) is 24.0 Å². The number of aryl methyl sites for hydroxylation is 3. The van der Waals surface area contributed by atoms with Crippen LogP contribution in [-0.2, 0) is 18.8 Å². The monoisotopic (exact) mass is 343 g/mol. The van der Waals surface area contributed by atoms with Gasteiger partial charge in [-0.05, 0) is 54.6 Å². The lowest BCUT2D eigenvalue weighted by molar-refractivity contribution is -0.661. The number of rotatable bonds is 5. The second-order valence-corrected chi connectivity index (χ2v) is 8.30. The van der Waals surface area contributed by atoms with Crippen molar-refractivity contribution in [3.8, 4) is 11.3 Å². The summed E-state index contributed by atoms with van der Waals surface area (Å²) in [5.74, 6) is 0.157. The van der Waals surface area contributed by atoms with E-state index in [1.165, 1.54) is 0 Å². The summed E-state index contributed by atoms with van der Waals surface area (Å²) in [6.07, 6.45) is 0.568. The lowest BCUT2D eigenvalue weighted by atomic mass is 9.73. The van der Waals surface area contributed by atoms with Crippen molar-refractivity contribution in [2.45, 2.75) is 67.1 Å². The van der Waals surface area contributed by atoms with Crippen molar-refractivity contribution in [3.63, 3.8) is 0 Å². The van der Waals surface area contributed by atoms with E-state index in [0.717, 1.165) is 22.4 Å². The first-order valence-corrected chi connectivity index (χ1v) is 9.17. The molecule has 0 atom stereocenters. The molecule has 25 heavy (non-hydrogen) atoms. The number of hydrogen-bond acceptors (Lipinski definition) is 0. The van der Waals surface area contributed by atoms with E-state index < -0.39 is 13.2 Å². The predicted molar refractivity (Wildman–Crippen MR) is 109 cm³/mol. The molecule has 0 aliphatic heterocycles. The Hall–Kier alpha value is -1.63. The fourth-order valence-corrected chi connectivity index (χ4v) is 3.12. The van der Waals surface area contributed by atoms with E-state index in [4.69, 9.17) is 6.85 Å². The van der Waals surface area contributed by atoms with E-state index >= 15 is 0 Å². The highest BCUT2D eigenvalue weighted by Crippen LogP contribution is 2.35. The molecule has 136 valence electrons. The Morgan fingerprint density at radius 2 is 1.84 bits per heavy atom. The summed E-state index contributed by atoms with van der Waals surface area (Å²) in [6.45, 7) is 12.3. The normalized spacial score (nSPS) is 16.3. The largest absolute Gasteiger partial charge is 0.212 e. The van der Waals surface area contributed by atoms with Crippen LogP contribution in [0.3, 0.4) is 0 Å². The number of aromatic nitrogens is 1. The first-order chi connectivity index (χ1) is 13.5. The van der Waals surface area contributed by atoms with E-state index in [-0.39, 0.29) is 11.3 Å². The van der Waals surface area contributed by atoms with Crippen molar-refractivity contribution >= 4 is 0 Å². The van der Waals surface area contributed by atoms with Gasteiger partial charge in [-0.3, -0.25) is 0 Å². The van der Waals surface area contributed by atoms with Crippen molar-refractivity contribution in [1.29, 1.82) is 0 Å². The molecule has 2 rings (SSSR count). The summed E-state index contributed by atoms with van der Waals surface area (Å²) in [7, 11) is 1.97. The molecule has 1 heteroatoms. The Morgan fingerprint density at radius 1 is 1.16 bits per heavy atom. The van der Waals surface area contributed by atoms with Crippen LogP contribution in [-0.4, -0.2) is 0 Å². The van der Waals surface area contributed by atoms with Gasteiger partial charge in [-0.15, -0.1) is 0 Å². The van der Waals surface area contributed by atoms with E-state index in [9.17, 15) is 0 Å². The van der Waals surface area contributed by atoms with E-state index in [1.807, 2.05) is 44.5 Å². The van der Waals surface area contributed by atoms with Gasteiger partial charge >= 0.3 is 0 Å². The molecule has 0 saturated carbocycles. The minimum Gasteiger partial charge on any atom is -0.201 e. The second-order valence-electron chi connectivity index (χ2n) is 8.30. The molecule has 0 unspecified atom stereocenters. The Balaban J connectivity index is 2.82. The Labute approximate surface area is 162 Å². The topological polar surface area (TPSA) is 3.88 Å². The standard InChI is InChI=1S/C24H36N/c1-16(2)12-20-14-23(21-11-10-18(5)13-19(21)6)25(9)15-22(20)24(7,8)17(3)4/h10-11,13-17H,12H2,1-9H3/q+1/i5D3,12D2. The van der Waals surface area contributed by atoms with Crippen LogP contribution in [0, 0.1) is 25.6 Å². The summed E-state index contributed by atoms with van der Waals surface area (Å²) < 4.78 is 42.8. The van der Waals surface area contributed by atoms with Crippen LogP contribution in [0.2, 0.25) is 0 Å². The Kier molecular flexibility index (Phi) is 3.97. The molecule has 1 nitrogen and oxygen atoms in total. The van der Waals surface area contributed by atoms with Crippen LogP contribution in [0.15, 0.2) is 30.5 Å². The third kappa shape index (κ3) is 4.14.